The van der Waals surface area contributed by atoms with Crippen LogP contribution in [0, 0.1) is 0 Å². The minimum absolute atomic E-state index is 0.000201. The maximum Gasteiger partial charge on any atom is 0.257 e. The molecule has 2 aromatic carbocycles. The zero-order valence-corrected chi connectivity index (χ0v) is 19.7. The average molecular weight is 476 g/mol. The average Bonchev–Trinajstić information content (AvgIpc) is 2.78. The molecule has 0 bridgehead atoms. The lowest BCUT2D eigenvalue weighted by molar-refractivity contribution is 0.0977. The van der Waals surface area contributed by atoms with E-state index in [0.717, 1.165) is 38.5 Å². The number of thiocarbonyl (C=S) groups is 1. The number of carbonyl (C=O) groups excluding carboxylic acids is 1. The predicted molar refractivity (Wildman–Crippen MR) is 130 cm³/mol. The summed E-state index contributed by atoms with van der Waals surface area (Å²) in [5, 5.41) is 5.64. The van der Waals surface area contributed by atoms with Gasteiger partial charge in [0.15, 0.2) is 5.11 Å². The molecule has 0 unspecified atom stereocenters. The quantitative estimate of drug-likeness (QED) is 0.495. The van der Waals surface area contributed by atoms with Crippen molar-refractivity contribution in [1.82, 2.24) is 10.0 Å². The fourth-order valence-electron chi connectivity index (χ4n) is 3.51. The Labute approximate surface area is 195 Å². The van der Waals surface area contributed by atoms with Crippen LogP contribution in [0.1, 0.15) is 55.8 Å². The summed E-state index contributed by atoms with van der Waals surface area (Å²) < 4.78 is 33.6. The number of rotatable bonds is 8. The Morgan fingerprint density at radius 1 is 1.09 bits per heavy atom. The van der Waals surface area contributed by atoms with Crippen molar-refractivity contribution in [3.05, 3.63) is 54.1 Å². The maximum absolute atomic E-state index is 12.6. The lowest BCUT2D eigenvalue weighted by Crippen LogP contribution is -2.36. The van der Waals surface area contributed by atoms with Crippen molar-refractivity contribution < 1.29 is 17.9 Å². The standard InChI is InChI=1S/C23H29N3O4S2/c1-2-15-30-20-10-6-7-17(16-20)22(27)25-23(31)24-18-11-13-21(14-12-18)32(28,29)26-19-8-4-3-5-9-19/h6-7,10-14,16,19,26H,2-5,8-9,15H2,1H3,(H2,24,25,27,31). The van der Waals surface area contributed by atoms with Gasteiger partial charge in [0.1, 0.15) is 5.75 Å². The monoisotopic (exact) mass is 475 g/mol. The van der Waals surface area contributed by atoms with Crippen LogP contribution >= 0.6 is 12.2 Å². The smallest absolute Gasteiger partial charge is 0.257 e. The summed E-state index contributed by atoms with van der Waals surface area (Å²) in [6.45, 7) is 2.59. The van der Waals surface area contributed by atoms with Crippen LogP contribution < -0.4 is 20.1 Å². The molecule has 0 heterocycles. The predicted octanol–water partition coefficient (Wildman–Crippen LogP) is 4.21. The highest BCUT2D eigenvalue weighted by molar-refractivity contribution is 7.89. The molecule has 0 radical (unpaired) electrons. The Balaban J connectivity index is 1.55. The lowest BCUT2D eigenvalue weighted by atomic mass is 9.96. The summed E-state index contributed by atoms with van der Waals surface area (Å²) in [5.74, 6) is 0.261. The van der Waals surface area contributed by atoms with Crippen LogP contribution in [0.3, 0.4) is 0 Å². The minimum atomic E-state index is -3.56. The third-order valence-corrected chi connectivity index (χ3v) is 6.89. The number of anilines is 1. The van der Waals surface area contributed by atoms with E-state index < -0.39 is 10.0 Å². The van der Waals surface area contributed by atoms with Gasteiger partial charge in [-0.25, -0.2) is 13.1 Å². The van der Waals surface area contributed by atoms with E-state index in [4.69, 9.17) is 17.0 Å². The topological polar surface area (TPSA) is 96.5 Å². The van der Waals surface area contributed by atoms with E-state index in [9.17, 15) is 13.2 Å². The fraction of sp³-hybridized carbons (Fsp3) is 0.391. The molecule has 172 valence electrons. The number of nitrogens with one attached hydrogen (secondary N) is 3. The molecule has 0 spiro atoms. The first-order valence-corrected chi connectivity index (χ1v) is 12.7. The van der Waals surface area contributed by atoms with Crippen LogP contribution in [0.4, 0.5) is 5.69 Å². The summed E-state index contributed by atoms with van der Waals surface area (Å²) in [5.41, 5.74) is 1.00. The van der Waals surface area contributed by atoms with Crippen LogP contribution in [0.2, 0.25) is 0 Å². The van der Waals surface area contributed by atoms with Crippen LogP contribution in [0.15, 0.2) is 53.4 Å². The first kappa shape index (κ1) is 24.2. The van der Waals surface area contributed by atoms with Gasteiger partial charge in [0.05, 0.1) is 11.5 Å². The molecule has 0 aliphatic heterocycles. The molecule has 9 heteroatoms. The molecule has 0 saturated heterocycles. The van der Waals surface area contributed by atoms with Gasteiger partial charge in [-0.2, -0.15) is 0 Å². The van der Waals surface area contributed by atoms with Crippen molar-refractivity contribution in [1.29, 1.82) is 0 Å². The largest absolute Gasteiger partial charge is 0.494 e. The molecule has 0 aromatic heterocycles. The first-order chi connectivity index (χ1) is 15.4. The molecular formula is C23H29N3O4S2. The molecule has 1 aliphatic rings. The number of benzene rings is 2. The molecule has 3 rings (SSSR count). The highest BCUT2D eigenvalue weighted by Crippen LogP contribution is 2.21. The van der Waals surface area contributed by atoms with E-state index in [1.54, 1.807) is 36.4 Å². The molecule has 2 aromatic rings. The molecule has 3 N–H and O–H groups in total. The molecule has 7 nitrogen and oxygen atoms in total. The summed E-state index contributed by atoms with van der Waals surface area (Å²) in [7, 11) is -3.56. The van der Waals surface area contributed by atoms with Gasteiger partial charge in [-0.1, -0.05) is 32.3 Å². The van der Waals surface area contributed by atoms with Crippen LogP contribution in [0.5, 0.6) is 5.75 Å². The third kappa shape index (κ3) is 7.01. The Hall–Kier alpha value is -2.49. The number of hydrogen-bond donors (Lipinski definition) is 3. The van der Waals surface area contributed by atoms with Gasteiger partial charge in [-0.15, -0.1) is 0 Å². The molecule has 1 saturated carbocycles. The van der Waals surface area contributed by atoms with Crippen molar-refractivity contribution in [3.63, 3.8) is 0 Å². The van der Waals surface area contributed by atoms with Gasteiger partial charge in [0.2, 0.25) is 10.0 Å². The van der Waals surface area contributed by atoms with Crippen molar-refractivity contribution >= 4 is 38.9 Å². The lowest BCUT2D eigenvalue weighted by Gasteiger charge is -2.22. The van der Waals surface area contributed by atoms with Crippen molar-refractivity contribution in [2.24, 2.45) is 0 Å². The van der Waals surface area contributed by atoms with E-state index >= 15 is 0 Å². The van der Waals surface area contributed by atoms with Crippen molar-refractivity contribution in [3.8, 4) is 5.75 Å². The summed E-state index contributed by atoms with van der Waals surface area (Å²) >= 11 is 5.22. The van der Waals surface area contributed by atoms with E-state index in [-0.39, 0.29) is 22.0 Å². The zero-order chi connectivity index (χ0) is 23.0. The second-order valence-corrected chi connectivity index (χ2v) is 9.89. The first-order valence-electron chi connectivity index (χ1n) is 10.8. The zero-order valence-electron chi connectivity index (χ0n) is 18.1. The van der Waals surface area contributed by atoms with Gasteiger partial charge < -0.3 is 10.1 Å². The SMILES string of the molecule is CCCOc1cccc(C(=O)NC(=S)Nc2ccc(S(=O)(=O)NC3CCCCC3)cc2)c1. The molecule has 1 fully saturated rings. The Morgan fingerprint density at radius 2 is 1.81 bits per heavy atom. The van der Waals surface area contributed by atoms with Crippen LogP contribution in [0.25, 0.3) is 0 Å². The second kappa shape index (κ2) is 11.4. The summed E-state index contributed by atoms with van der Waals surface area (Å²) in [6.07, 6.45) is 5.89. The normalized spacial score (nSPS) is 14.5. The van der Waals surface area contributed by atoms with E-state index in [1.807, 2.05) is 6.92 Å². The van der Waals surface area contributed by atoms with Gasteiger partial charge >= 0.3 is 0 Å². The van der Waals surface area contributed by atoms with Gasteiger partial charge in [0, 0.05) is 17.3 Å². The van der Waals surface area contributed by atoms with Crippen molar-refractivity contribution in [2.45, 2.75) is 56.4 Å². The second-order valence-electron chi connectivity index (χ2n) is 7.77. The highest BCUT2D eigenvalue weighted by Gasteiger charge is 2.21. The van der Waals surface area contributed by atoms with Gasteiger partial charge in [-0.3, -0.25) is 10.1 Å². The molecule has 1 aliphatic carbocycles. The van der Waals surface area contributed by atoms with E-state index in [2.05, 4.69) is 15.4 Å². The Morgan fingerprint density at radius 3 is 2.50 bits per heavy atom. The fourth-order valence-corrected chi connectivity index (χ4v) is 5.03. The number of carbonyl (C=O) groups is 1. The maximum atomic E-state index is 12.6. The van der Waals surface area contributed by atoms with Crippen molar-refractivity contribution in [2.75, 3.05) is 11.9 Å². The third-order valence-electron chi connectivity index (χ3n) is 5.15. The van der Waals surface area contributed by atoms with E-state index in [1.165, 1.54) is 12.1 Å². The molecule has 0 atom stereocenters. The Kier molecular flexibility index (Phi) is 8.60. The minimum Gasteiger partial charge on any atom is -0.494 e. The molecular weight excluding hydrogens is 446 g/mol. The van der Waals surface area contributed by atoms with Gasteiger partial charge in [0.25, 0.3) is 5.91 Å². The van der Waals surface area contributed by atoms with Gasteiger partial charge in [-0.05, 0) is 73.9 Å². The highest BCUT2D eigenvalue weighted by atomic mass is 32.2. The molecule has 1 amide bonds. The summed E-state index contributed by atoms with van der Waals surface area (Å²) in [6, 6.07) is 13.2. The Bertz CT molecular complexity index is 1030. The summed E-state index contributed by atoms with van der Waals surface area (Å²) in [4.78, 5) is 12.7. The van der Waals surface area contributed by atoms with Crippen LogP contribution in [-0.4, -0.2) is 32.1 Å². The number of ether oxygens (including phenoxy) is 1. The number of amides is 1. The van der Waals surface area contributed by atoms with E-state index in [0.29, 0.717) is 23.6 Å². The molecule has 32 heavy (non-hydrogen) atoms. The van der Waals surface area contributed by atoms with Crippen LogP contribution in [-0.2, 0) is 10.0 Å². The number of hydrogen-bond acceptors (Lipinski definition) is 5. The number of sulfonamides is 1.